The van der Waals surface area contributed by atoms with Gasteiger partial charge in [-0.15, -0.1) is 0 Å². The van der Waals surface area contributed by atoms with Crippen LogP contribution < -0.4 is 5.32 Å². The average molecular weight is 326 g/mol. The topological polar surface area (TPSA) is 50.2 Å². The van der Waals surface area contributed by atoms with E-state index in [2.05, 4.69) is 10.3 Å². The van der Waals surface area contributed by atoms with Crippen LogP contribution in [0.25, 0.3) is 11.0 Å². The predicted molar refractivity (Wildman–Crippen MR) is 94.8 cm³/mol. The highest BCUT2D eigenvalue weighted by atomic mass is 16.2. The van der Waals surface area contributed by atoms with Gasteiger partial charge in [-0.25, -0.2) is 4.98 Å². The minimum atomic E-state index is 0.210. The van der Waals surface area contributed by atoms with Crippen molar-refractivity contribution in [3.05, 3.63) is 30.1 Å². The summed E-state index contributed by atoms with van der Waals surface area (Å²) in [6, 6.07) is 8.61. The van der Waals surface area contributed by atoms with E-state index in [0.29, 0.717) is 12.6 Å². The van der Waals surface area contributed by atoms with Crippen molar-refractivity contribution < 1.29 is 4.79 Å². The Bertz CT molecular complexity index is 726. The van der Waals surface area contributed by atoms with Gasteiger partial charge < -0.3 is 14.8 Å². The van der Waals surface area contributed by atoms with Crippen LogP contribution in [0.3, 0.4) is 0 Å². The minimum Gasteiger partial charge on any atom is -0.341 e. The second kappa shape index (κ2) is 6.55. The second-order valence-corrected chi connectivity index (χ2v) is 7.24. The number of aromatic nitrogens is 2. The monoisotopic (exact) mass is 326 g/mol. The number of amides is 1. The summed E-state index contributed by atoms with van der Waals surface area (Å²) in [7, 11) is 0. The van der Waals surface area contributed by atoms with Gasteiger partial charge in [-0.3, -0.25) is 4.79 Å². The van der Waals surface area contributed by atoms with Crippen molar-refractivity contribution in [2.45, 2.75) is 45.2 Å². The van der Waals surface area contributed by atoms with Gasteiger partial charge in [0.15, 0.2) is 0 Å². The Morgan fingerprint density at radius 1 is 1.21 bits per heavy atom. The highest BCUT2D eigenvalue weighted by Gasteiger charge is 2.26. The van der Waals surface area contributed by atoms with Gasteiger partial charge in [0.05, 0.1) is 11.0 Å². The van der Waals surface area contributed by atoms with Crippen molar-refractivity contribution in [3.8, 4) is 0 Å². The molecule has 1 aliphatic carbocycles. The van der Waals surface area contributed by atoms with Crippen molar-refractivity contribution in [3.63, 3.8) is 0 Å². The van der Waals surface area contributed by atoms with E-state index >= 15 is 0 Å². The standard InChI is InChI=1S/C19H26N4O/c1-14-21-17-4-2-3-5-18(17)23(14)13-19(24)22-10-8-16(9-11-22)20-12-15-6-7-15/h2-5,15-16,20H,6-13H2,1H3. The molecule has 24 heavy (non-hydrogen) atoms. The number of hydrogen-bond acceptors (Lipinski definition) is 3. The molecule has 0 radical (unpaired) electrons. The van der Waals surface area contributed by atoms with Crippen LogP contribution in [-0.4, -0.2) is 46.0 Å². The lowest BCUT2D eigenvalue weighted by Crippen LogP contribution is -2.46. The Morgan fingerprint density at radius 2 is 1.96 bits per heavy atom. The lowest BCUT2D eigenvalue weighted by molar-refractivity contribution is -0.132. The number of piperidine rings is 1. The molecule has 0 spiro atoms. The number of imidazole rings is 1. The van der Waals surface area contributed by atoms with Crippen LogP contribution in [0.5, 0.6) is 0 Å². The molecule has 1 N–H and O–H groups in total. The molecule has 1 aromatic heterocycles. The van der Waals surface area contributed by atoms with E-state index in [1.807, 2.05) is 40.7 Å². The Kier molecular flexibility index (Phi) is 4.27. The second-order valence-electron chi connectivity index (χ2n) is 7.24. The average Bonchev–Trinajstić information content (AvgIpc) is 3.38. The summed E-state index contributed by atoms with van der Waals surface area (Å²) in [4.78, 5) is 19.3. The fourth-order valence-electron chi connectivity index (χ4n) is 3.62. The van der Waals surface area contributed by atoms with Crippen LogP contribution >= 0.6 is 0 Å². The number of carbonyl (C=O) groups excluding carboxylic acids is 1. The number of nitrogens with zero attached hydrogens (tertiary/aromatic N) is 3. The molecule has 2 aliphatic rings. The molecule has 4 rings (SSSR count). The molecular formula is C19H26N4O. The molecule has 1 aromatic carbocycles. The number of carbonyl (C=O) groups is 1. The highest BCUT2D eigenvalue weighted by Crippen LogP contribution is 2.28. The molecule has 2 heterocycles. The van der Waals surface area contributed by atoms with Gasteiger partial charge in [0.1, 0.15) is 12.4 Å². The molecular weight excluding hydrogens is 300 g/mol. The van der Waals surface area contributed by atoms with Crippen LogP contribution in [0.4, 0.5) is 0 Å². The Hall–Kier alpha value is -1.88. The molecule has 5 nitrogen and oxygen atoms in total. The number of fused-ring (bicyclic) bond motifs is 1. The Labute approximate surface area is 143 Å². The summed E-state index contributed by atoms with van der Waals surface area (Å²) < 4.78 is 2.04. The summed E-state index contributed by atoms with van der Waals surface area (Å²) in [6.45, 7) is 5.27. The van der Waals surface area contributed by atoms with Gasteiger partial charge in [0.25, 0.3) is 0 Å². The zero-order valence-corrected chi connectivity index (χ0v) is 14.4. The quantitative estimate of drug-likeness (QED) is 0.917. The van der Waals surface area contributed by atoms with Crippen molar-refractivity contribution in [2.75, 3.05) is 19.6 Å². The summed E-state index contributed by atoms with van der Waals surface area (Å²) in [5.74, 6) is 2.04. The number of hydrogen-bond donors (Lipinski definition) is 1. The number of rotatable bonds is 5. The Balaban J connectivity index is 1.35. The van der Waals surface area contributed by atoms with Gasteiger partial charge in [0.2, 0.25) is 5.91 Å². The number of likely N-dealkylation sites (tertiary alicyclic amines) is 1. The first kappa shape index (κ1) is 15.6. The molecule has 0 unspecified atom stereocenters. The normalized spacial score (nSPS) is 19.1. The molecule has 1 aliphatic heterocycles. The van der Waals surface area contributed by atoms with Crippen LogP contribution in [0, 0.1) is 12.8 Å². The lowest BCUT2D eigenvalue weighted by Gasteiger charge is -2.32. The van der Waals surface area contributed by atoms with Crippen molar-refractivity contribution >= 4 is 16.9 Å². The third-order valence-electron chi connectivity index (χ3n) is 5.38. The van der Waals surface area contributed by atoms with Gasteiger partial charge >= 0.3 is 0 Å². The van der Waals surface area contributed by atoms with Crippen molar-refractivity contribution in [1.82, 2.24) is 19.8 Å². The van der Waals surface area contributed by atoms with Crippen LogP contribution in [0.15, 0.2) is 24.3 Å². The number of para-hydroxylation sites is 2. The van der Waals surface area contributed by atoms with Crippen molar-refractivity contribution in [2.24, 2.45) is 5.92 Å². The van der Waals surface area contributed by atoms with E-state index in [1.54, 1.807) is 0 Å². The first-order valence-corrected chi connectivity index (χ1v) is 9.14. The number of benzene rings is 1. The van der Waals surface area contributed by atoms with E-state index in [9.17, 15) is 4.79 Å². The molecule has 2 fully saturated rings. The lowest BCUT2D eigenvalue weighted by atomic mass is 10.0. The zero-order chi connectivity index (χ0) is 16.5. The van der Waals surface area contributed by atoms with E-state index in [4.69, 9.17) is 0 Å². The van der Waals surface area contributed by atoms with E-state index in [-0.39, 0.29) is 5.91 Å². The summed E-state index contributed by atoms with van der Waals surface area (Å²) in [5.41, 5.74) is 2.01. The number of nitrogens with one attached hydrogen (secondary N) is 1. The zero-order valence-electron chi connectivity index (χ0n) is 14.4. The predicted octanol–water partition coefficient (Wildman–Crippen LogP) is 2.34. The van der Waals surface area contributed by atoms with E-state index in [1.165, 1.54) is 19.4 Å². The minimum absolute atomic E-state index is 0.210. The van der Waals surface area contributed by atoms with Crippen molar-refractivity contribution in [1.29, 1.82) is 0 Å². The van der Waals surface area contributed by atoms with Gasteiger partial charge in [-0.1, -0.05) is 12.1 Å². The highest BCUT2D eigenvalue weighted by molar-refractivity contribution is 5.81. The van der Waals surface area contributed by atoms with E-state index < -0.39 is 0 Å². The third-order valence-corrected chi connectivity index (χ3v) is 5.38. The summed E-state index contributed by atoms with van der Waals surface area (Å²) in [6.07, 6.45) is 4.93. The van der Waals surface area contributed by atoms with Crippen LogP contribution in [-0.2, 0) is 11.3 Å². The number of aryl methyl sites for hydroxylation is 1. The van der Waals surface area contributed by atoms with E-state index in [0.717, 1.165) is 48.7 Å². The molecule has 2 aromatic rings. The first-order valence-electron chi connectivity index (χ1n) is 9.14. The largest absolute Gasteiger partial charge is 0.341 e. The summed E-state index contributed by atoms with van der Waals surface area (Å²) in [5, 5.41) is 3.67. The first-order chi connectivity index (χ1) is 11.7. The Morgan fingerprint density at radius 3 is 2.71 bits per heavy atom. The maximum atomic E-state index is 12.7. The maximum Gasteiger partial charge on any atom is 0.242 e. The van der Waals surface area contributed by atoms with Crippen LogP contribution in [0.1, 0.15) is 31.5 Å². The molecule has 0 atom stereocenters. The molecule has 1 saturated carbocycles. The SMILES string of the molecule is Cc1nc2ccccc2n1CC(=O)N1CCC(NCC2CC2)CC1. The molecule has 1 saturated heterocycles. The molecule has 5 heteroatoms. The van der Waals surface area contributed by atoms with Crippen LogP contribution in [0.2, 0.25) is 0 Å². The molecule has 0 bridgehead atoms. The van der Waals surface area contributed by atoms with Gasteiger partial charge in [-0.05, 0) is 57.2 Å². The summed E-state index contributed by atoms with van der Waals surface area (Å²) >= 11 is 0. The maximum absolute atomic E-state index is 12.7. The van der Waals surface area contributed by atoms with Gasteiger partial charge in [0, 0.05) is 19.1 Å². The fourth-order valence-corrected chi connectivity index (χ4v) is 3.62. The fraction of sp³-hybridized carbons (Fsp3) is 0.579. The molecule has 1 amide bonds. The molecule has 128 valence electrons. The smallest absolute Gasteiger partial charge is 0.242 e. The van der Waals surface area contributed by atoms with Gasteiger partial charge in [-0.2, -0.15) is 0 Å². The third kappa shape index (κ3) is 3.31.